The van der Waals surface area contributed by atoms with Gasteiger partial charge in [-0.2, -0.15) is 0 Å². The lowest BCUT2D eigenvalue weighted by atomic mass is 9.99. The van der Waals surface area contributed by atoms with Crippen LogP contribution in [0.2, 0.25) is 0 Å². The number of hydrogen-bond donors (Lipinski definition) is 0. The van der Waals surface area contributed by atoms with Gasteiger partial charge in [-0.3, -0.25) is 0 Å². The highest BCUT2D eigenvalue weighted by Gasteiger charge is 2.48. The molecule has 3 rings (SSSR count). The van der Waals surface area contributed by atoms with Crippen molar-refractivity contribution in [3.05, 3.63) is 40.4 Å². The lowest BCUT2D eigenvalue weighted by Gasteiger charge is -2.31. The van der Waals surface area contributed by atoms with Crippen molar-refractivity contribution >= 4 is 42.6 Å². The smallest absolute Gasteiger partial charge is 0.208 e. The number of rotatable bonds is 3. The molecule has 1 aliphatic rings. The molecule has 1 aliphatic heterocycles. The van der Waals surface area contributed by atoms with Gasteiger partial charge >= 0.3 is 0 Å². The summed E-state index contributed by atoms with van der Waals surface area (Å²) in [6.45, 7) is 6.15. The van der Waals surface area contributed by atoms with Crippen molar-refractivity contribution < 1.29 is 14.2 Å². The van der Waals surface area contributed by atoms with Crippen LogP contribution in [0.25, 0.3) is 10.8 Å². The molecule has 3 atom stereocenters. The molecular weight excluding hydrogens is 424 g/mol. The fraction of sp³-hybridized carbons (Fsp3) is 0.444. The van der Waals surface area contributed by atoms with Crippen LogP contribution in [0.1, 0.15) is 26.3 Å². The normalized spacial score (nSPS) is 24.8. The molecule has 1 heterocycles. The van der Waals surface area contributed by atoms with Gasteiger partial charge in [-0.15, -0.1) is 0 Å². The third kappa shape index (κ3) is 2.82. The van der Waals surface area contributed by atoms with E-state index in [4.69, 9.17) is 14.2 Å². The first-order valence-corrected chi connectivity index (χ1v) is 9.36. The van der Waals surface area contributed by atoms with Gasteiger partial charge in [0, 0.05) is 5.56 Å². The standard InChI is InChI=1S/C18H20Br2O3/c1-10-11(2)23-18(22-10,12(3)19)14-6-7-15-13(9-14)5-8-16(21-4)17(15)20/h5-12H,1-4H3/t10-,11-,12?/m1/s1. The van der Waals surface area contributed by atoms with Crippen LogP contribution in [0.3, 0.4) is 0 Å². The molecule has 1 saturated heterocycles. The van der Waals surface area contributed by atoms with Gasteiger partial charge in [-0.05, 0) is 59.6 Å². The Hall–Kier alpha value is -0.620. The topological polar surface area (TPSA) is 27.7 Å². The maximum atomic E-state index is 6.23. The molecule has 0 bridgehead atoms. The second-order valence-corrected chi connectivity index (χ2v) is 8.11. The Kier molecular flexibility index (Phi) is 4.76. The van der Waals surface area contributed by atoms with E-state index < -0.39 is 5.79 Å². The molecule has 0 saturated carbocycles. The van der Waals surface area contributed by atoms with Crippen molar-refractivity contribution in [2.24, 2.45) is 0 Å². The van der Waals surface area contributed by atoms with E-state index in [1.807, 2.05) is 19.9 Å². The van der Waals surface area contributed by atoms with Gasteiger partial charge in [0.05, 0.1) is 28.6 Å². The largest absolute Gasteiger partial charge is 0.496 e. The Morgan fingerprint density at radius 1 is 1.13 bits per heavy atom. The Labute approximate surface area is 153 Å². The molecule has 124 valence electrons. The minimum absolute atomic E-state index is 0.0292. The zero-order valence-electron chi connectivity index (χ0n) is 13.6. The fourth-order valence-corrected chi connectivity index (χ4v) is 4.11. The van der Waals surface area contributed by atoms with Crippen LogP contribution in [0.4, 0.5) is 0 Å². The molecule has 5 heteroatoms. The van der Waals surface area contributed by atoms with Crippen LogP contribution in [0.15, 0.2) is 34.8 Å². The molecule has 0 spiro atoms. The van der Waals surface area contributed by atoms with Gasteiger partial charge < -0.3 is 14.2 Å². The summed E-state index contributed by atoms with van der Waals surface area (Å²) in [6.07, 6.45) is 0.0987. The van der Waals surface area contributed by atoms with Crippen molar-refractivity contribution in [1.82, 2.24) is 0 Å². The van der Waals surface area contributed by atoms with E-state index in [-0.39, 0.29) is 17.0 Å². The molecule has 0 amide bonds. The summed E-state index contributed by atoms with van der Waals surface area (Å²) in [5.74, 6) is 0.0591. The lowest BCUT2D eigenvalue weighted by molar-refractivity contribution is -0.178. The minimum atomic E-state index is -0.764. The van der Waals surface area contributed by atoms with Crippen molar-refractivity contribution in [3.63, 3.8) is 0 Å². The lowest BCUT2D eigenvalue weighted by Crippen LogP contribution is -2.36. The molecule has 2 aromatic carbocycles. The van der Waals surface area contributed by atoms with E-state index in [0.29, 0.717) is 0 Å². The fourth-order valence-electron chi connectivity index (χ4n) is 2.97. The summed E-state index contributed by atoms with van der Waals surface area (Å²) in [4.78, 5) is 0.0292. The number of halogens is 2. The van der Waals surface area contributed by atoms with Crippen molar-refractivity contribution in [2.75, 3.05) is 7.11 Å². The molecule has 0 aliphatic carbocycles. The molecule has 2 aromatic rings. The highest BCUT2D eigenvalue weighted by Crippen LogP contribution is 2.44. The van der Waals surface area contributed by atoms with Gasteiger partial charge in [-0.1, -0.05) is 34.1 Å². The van der Waals surface area contributed by atoms with Crippen LogP contribution in [0, 0.1) is 0 Å². The minimum Gasteiger partial charge on any atom is -0.496 e. The summed E-state index contributed by atoms with van der Waals surface area (Å²) >= 11 is 7.29. The summed E-state index contributed by atoms with van der Waals surface area (Å²) in [5.41, 5.74) is 1.02. The van der Waals surface area contributed by atoms with Gasteiger partial charge in [0.15, 0.2) is 0 Å². The number of hydrogen-bond acceptors (Lipinski definition) is 3. The van der Waals surface area contributed by atoms with E-state index in [1.54, 1.807) is 7.11 Å². The van der Waals surface area contributed by atoms with Crippen molar-refractivity contribution in [1.29, 1.82) is 0 Å². The van der Waals surface area contributed by atoms with Crippen LogP contribution >= 0.6 is 31.9 Å². The third-order valence-electron chi connectivity index (χ3n) is 4.45. The summed E-state index contributed by atoms with van der Waals surface area (Å²) < 4.78 is 18.8. The van der Waals surface area contributed by atoms with Crippen LogP contribution < -0.4 is 4.74 Å². The zero-order chi connectivity index (χ0) is 16.8. The maximum Gasteiger partial charge on any atom is 0.208 e. The third-order valence-corrected chi connectivity index (χ3v) is 5.87. The Balaban J connectivity index is 2.12. The van der Waals surface area contributed by atoms with Crippen LogP contribution in [-0.2, 0) is 15.3 Å². The molecule has 23 heavy (non-hydrogen) atoms. The SMILES string of the molecule is COc1ccc2cc(C3(C(C)Br)O[C@H](C)[C@@H](C)O3)ccc2c1Br. The number of ether oxygens (including phenoxy) is 3. The molecule has 0 aromatic heterocycles. The van der Waals surface area contributed by atoms with Gasteiger partial charge in [0.25, 0.3) is 0 Å². The predicted octanol–water partition coefficient (Wildman–Crippen LogP) is 5.37. The molecule has 1 unspecified atom stereocenters. The maximum absolute atomic E-state index is 6.23. The molecule has 0 radical (unpaired) electrons. The highest BCUT2D eigenvalue weighted by molar-refractivity contribution is 9.10. The van der Waals surface area contributed by atoms with Crippen LogP contribution in [-0.4, -0.2) is 24.1 Å². The summed E-state index contributed by atoms with van der Waals surface area (Å²) in [7, 11) is 1.67. The average molecular weight is 444 g/mol. The number of fused-ring (bicyclic) bond motifs is 1. The number of benzene rings is 2. The number of methoxy groups -OCH3 is 1. The summed E-state index contributed by atoms with van der Waals surface area (Å²) in [5, 5.41) is 2.21. The second-order valence-electron chi connectivity index (χ2n) is 5.95. The zero-order valence-corrected chi connectivity index (χ0v) is 16.8. The van der Waals surface area contributed by atoms with Crippen molar-refractivity contribution in [3.8, 4) is 5.75 Å². The van der Waals surface area contributed by atoms with E-state index >= 15 is 0 Å². The van der Waals surface area contributed by atoms with E-state index in [2.05, 4.69) is 63.0 Å². The molecular formula is C18H20Br2O3. The van der Waals surface area contributed by atoms with Crippen molar-refractivity contribution in [2.45, 2.75) is 43.6 Å². The van der Waals surface area contributed by atoms with Gasteiger partial charge in [-0.25, -0.2) is 0 Å². The average Bonchev–Trinajstić information content (AvgIpc) is 2.84. The monoisotopic (exact) mass is 442 g/mol. The molecule has 3 nitrogen and oxygen atoms in total. The second kappa shape index (κ2) is 6.36. The van der Waals surface area contributed by atoms with Gasteiger partial charge in [0.2, 0.25) is 5.79 Å². The van der Waals surface area contributed by atoms with E-state index in [1.165, 1.54) is 0 Å². The van der Waals surface area contributed by atoms with Gasteiger partial charge in [0.1, 0.15) is 5.75 Å². The first-order chi connectivity index (χ1) is 10.9. The molecule has 1 fully saturated rings. The molecule has 0 N–H and O–H groups in total. The van der Waals surface area contributed by atoms with E-state index in [0.717, 1.165) is 26.6 Å². The highest BCUT2D eigenvalue weighted by atomic mass is 79.9. The first kappa shape index (κ1) is 17.2. The van der Waals surface area contributed by atoms with E-state index in [9.17, 15) is 0 Å². The predicted molar refractivity (Wildman–Crippen MR) is 99.4 cm³/mol. The Bertz CT molecular complexity index is 720. The quantitative estimate of drug-likeness (QED) is 0.596. The Morgan fingerprint density at radius 3 is 2.35 bits per heavy atom. The van der Waals surface area contributed by atoms with Crippen LogP contribution in [0.5, 0.6) is 5.75 Å². The first-order valence-electron chi connectivity index (χ1n) is 7.65. The number of alkyl halides is 1. The summed E-state index contributed by atoms with van der Waals surface area (Å²) in [6, 6.07) is 10.3. The Morgan fingerprint density at radius 2 is 1.78 bits per heavy atom.